The van der Waals surface area contributed by atoms with Crippen molar-refractivity contribution < 1.29 is 13.2 Å². The van der Waals surface area contributed by atoms with Crippen LogP contribution in [-0.4, -0.2) is 39.0 Å². The minimum absolute atomic E-state index is 0.146. The van der Waals surface area contributed by atoms with Gasteiger partial charge in [-0.25, -0.2) is 18.4 Å². The van der Waals surface area contributed by atoms with E-state index in [0.29, 0.717) is 11.4 Å². The first kappa shape index (κ1) is 17.5. The maximum atomic E-state index is 13.1. The highest BCUT2D eigenvalue weighted by Crippen LogP contribution is 2.34. The Hall–Kier alpha value is -2.87. The van der Waals surface area contributed by atoms with E-state index < -0.39 is 14.6 Å². The Morgan fingerprint density at radius 1 is 1.11 bits per heavy atom. The highest BCUT2D eigenvalue weighted by molar-refractivity contribution is 7.92. The highest BCUT2D eigenvalue weighted by Gasteiger charge is 2.34. The molecule has 0 aliphatic carbocycles. The standard InChI is InChI=1S/C19H20N4O3S/c1-19(2,3)27(24,25)17-11-23-15(9-21-18(23)7-16(17)26-4)13-5-6-14-8-20-12-22(14)10-13/h5-12H,1-4H3. The summed E-state index contributed by atoms with van der Waals surface area (Å²) in [4.78, 5) is 8.69. The fraction of sp³-hybridized carbons (Fsp3) is 0.263. The average molecular weight is 384 g/mol. The van der Waals surface area contributed by atoms with Crippen LogP contribution in [0, 0.1) is 0 Å². The maximum Gasteiger partial charge on any atom is 0.188 e. The van der Waals surface area contributed by atoms with E-state index in [1.807, 2.05) is 22.7 Å². The summed E-state index contributed by atoms with van der Waals surface area (Å²) >= 11 is 0. The first-order valence-electron chi connectivity index (χ1n) is 8.44. The molecular formula is C19H20N4O3S. The van der Waals surface area contributed by atoms with Crippen molar-refractivity contribution in [2.75, 3.05) is 7.11 Å². The number of hydrogen-bond donors (Lipinski definition) is 0. The van der Waals surface area contributed by atoms with Gasteiger partial charge in [-0.3, -0.25) is 4.40 Å². The van der Waals surface area contributed by atoms with Crippen LogP contribution in [0.15, 0.2) is 54.2 Å². The molecule has 0 atom stereocenters. The number of sulfone groups is 1. The van der Waals surface area contributed by atoms with Crippen LogP contribution >= 0.6 is 0 Å². The first-order chi connectivity index (χ1) is 12.7. The quantitative estimate of drug-likeness (QED) is 0.542. The number of hydrogen-bond acceptors (Lipinski definition) is 5. The van der Waals surface area contributed by atoms with Crippen molar-refractivity contribution in [1.29, 1.82) is 0 Å². The second kappa shape index (κ2) is 5.82. The van der Waals surface area contributed by atoms with E-state index in [4.69, 9.17) is 4.74 Å². The summed E-state index contributed by atoms with van der Waals surface area (Å²) in [6.07, 6.45) is 8.75. The Balaban J connectivity index is 1.98. The van der Waals surface area contributed by atoms with E-state index >= 15 is 0 Å². The molecule has 0 fully saturated rings. The van der Waals surface area contributed by atoms with E-state index in [9.17, 15) is 8.42 Å². The van der Waals surface area contributed by atoms with Gasteiger partial charge in [-0.05, 0) is 32.9 Å². The number of methoxy groups -OCH3 is 1. The lowest BCUT2D eigenvalue weighted by Crippen LogP contribution is -2.28. The lowest BCUT2D eigenvalue weighted by atomic mass is 10.2. The molecule has 4 rings (SSSR count). The smallest absolute Gasteiger partial charge is 0.188 e. The Morgan fingerprint density at radius 2 is 1.89 bits per heavy atom. The van der Waals surface area contributed by atoms with E-state index in [-0.39, 0.29) is 4.90 Å². The van der Waals surface area contributed by atoms with Gasteiger partial charge in [0, 0.05) is 24.0 Å². The van der Waals surface area contributed by atoms with Gasteiger partial charge in [0.1, 0.15) is 16.3 Å². The molecule has 0 spiro atoms. The van der Waals surface area contributed by atoms with Gasteiger partial charge in [0.15, 0.2) is 9.84 Å². The number of imidazole rings is 2. The molecule has 0 saturated heterocycles. The lowest BCUT2D eigenvalue weighted by Gasteiger charge is -2.21. The number of rotatable bonds is 3. The third-order valence-corrected chi connectivity index (χ3v) is 7.09. The van der Waals surface area contributed by atoms with E-state index in [1.165, 1.54) is 7.11 Å². The number of fused-ring (bicyclic) bond motifs is 2. The summed E-state index contributed by atoms with van der Waals surface area (Å²) in [5.74, 6) is 0.291. The van der Waals surface area contributed by atoms with Crippen LogP contribution in [0.5, 0.6) is 5.75 Å². The average Bonchev–Trinajstić information content (AvgIpc) is 3.24. The monoisotopic (exact) mass is 384 g/mol. The van der Waals surface area contributed by atoms with Crippen molar-refractivity contribution in [3.05, 3.63) is 49.3 Å². The molecule has 4 aromatic rings. The van der Waals surface area contributed by atoms with Crippen LogP contribution in [-0.2, 0) is 9.84 Å². The van der Waals surface area contributed by atoms with Gasteiger partial charge in [-0.1, -0.05) is 0 Å². The van der Waals surface area contributed by atoms with Crippen molar-refractivity contribution >= 4 is 21.0 Å². The van der Waals surface area contributed by atoms with Crippen molar-refractivity contribution in [3.63, 3.8) is 0 Å². The predicted molar refractivity (Wildman–Crippen MR) is 103 cm³/mol. The summed E-state index contributed by atoms with van der Waals surface area (Å²) in [7, 11) is -2.14. The highest BCUT2D eigenvalue weighted by atomic mass is 32.2. The fourth-order valence-electron chi connectivity index (χ4n) is 2.96. The Kier molecular flexibility index (Phi) is 3.78. The van der Waals surface area contributed by atoms with Crippen LogP contribution < -0.4 is 4.74 Å². The molecule has 4 heterocycles. The van der Waals surface area contributed by atoms with E-state index in [1.54, 1.807) is 56.2 Å². The van der Waals surface area contributed by atoms with E-state index in [0.717, 1.165) is 16.8 Å². The Morgan fingerprint density at radius 3 is 2.59 bits per heavy atom. The summed E-state index contributed by atoms with van der Waals surface area (Å²) in [5, 5.41) is 0. The van der Waals surface area contributed by atoms with Gasteiger partial charge in [0.25, 0.3) is 0 Å². The normalized spacial score (nSPS) is 12.7. The molecule has 0 radical (unpaired) electrons. The lowest BCUT2D eigenvalue weighted by molar-refractivity contribution is 0.401. The van der Waals surface area contributed by atoms with Gasteiger partial charge in [0.2, 0.25) is 0 Å². The van der Waals surface area contributed by atoms with Crippen LogP contribution in [0.2, 0.25) is 0 Å². The zero-order chi connectivity index (χ0) is 19.4. The minimum Gasteiger partial charge on any atom is -0.495 e. The molecule has 0 unspecified atom stereocenters. The second-order valence-corrected chi connectivity index (χ2v) is 10.0. The number of aromatic nitrogens is 4. The van der Waals surface area contributed by atoms with Crippen molar-refractivity contribution in [1.82, 2.24) is 18.8 Å². The third-order valence-electron chi connectivity index (χ3n) is 4.59. The fourth-order valence-corrected chi connectivity index (χ4v) is 4.27. The molecule has 8 heteroatoms. The summed E-state index contributed by atoms with van der Waals surface area (Å²) < 4.78 is 34.2. The molecule has 0 aliphatic heterocycles. The molecule has 0 bridgehead atoms. The molecule has 0 aromatic carbocycles. The number of ether oxygens (including phenoxy) is 1. The molecule has 0 saturated carbocycles. The molecule has 7 nitrogen and oxygen atoms in total. The molecule has 0 N–H and O–H groups in total. The van der Waals surface area contributed by atoms with E-state index in [2.05, 4.69) is 9.97 Å². The molecular weight excluding hydrogens is 364 g/mol. The van der Waals surface area contributed by atoms with Crippen molar-refractivity contribution in [2.45, 2.75) is 30.4 Å². The molecule has 0 amide bonds. The molecule has 27 heavy (non-hydrogen) atoms. The second-order valence-electron chi connectivity index (χ2n) is 7.34. The van der Waals surface area contributed by atoms with Crippen LogP contribution in [0.1, 0.15) is 20.8 Å². The molecule has 4 aromatic heterocycles. The SMILES string of the molecule is COc1cc2ncc(-c3ccc4cncn4c3)n2cc1S(=O)(=O)C(C)(C)C. The summed E-state index contributed by atoms with van der Waals surface area (Å²) in [6.45, 7) is 5.02. The predicted octanol–water partition coefficient (Wildman–Crippen LogP) is 3.23. The summed E-state index contributed by atoms with van der Waals surface area (Å²) in [6, 6.07) is 5.57. The maximum absolute atomic E-state index is 13.1. The Labute approximate surface area is 157 Å². The zero-order valence-corrected chi connectivity index (χ0v) is 16.4. The third kappa shape index (κ3) is 2.68. The van der Waals surface area contributed by atoms with Crippen molar-refractivity contribution in [3.8, 4) is 17.0 Å². The van der Waals surface area contributed by atoms with Crippen LogP contribution in [0.3, 0.4) is 0 Å². The van der Waals surface area contributed by atoms with Crippen LogP contribution in [0.25, 0.3) is 22.4 Å². The van der Waals surface area contributed by atoms with Gasteiger partial charge >= 0.3 is 0 Å². The van der Waals surface area contributed by atoms with Gasteiger partial charge in [-0.2, -0.15) is 0 Å². The van der Waals surface area contributed by atoms with Crippen molar-refractivity contribution in [2.24, 2.45) is 0 Å². The number of nitrogens with zero attached hydrogens (tertiary/aromatic N) is 4. The topological polar surface area (TPSA) is 78.0 Å². The largest absolute Gasteiger partial charge is 0.495 e. The summed E-state index contributed by atoms with van der Waals surface area (Å²) in [5.41, 5.74) is 3.27. The van der Waals surface area contributed by atoms with Gasteiger partial charge < -0.3 is 9.14 Å². The first-order valence-corrected chi connectivity index (χ1v) is 9.92. The van der Waals surface area contributed by atoms with Gasteiger partial charge in [0.05, 0.1) is 41.8 Å². The Bertz CT molecular complexity index is 1260. The molecule has 140 valence electrons. The van der Waals surface area contributed by atoms with Gasteiger partial charge in [-0.15, -0.1) is 0 Å². The minimum atomic E-state index is -3.60. The number of pyridine rings is 2. The molecule has 0 aliphatic rings. The zero-order valence-electron chi connectivity index (χ0n) is 15.5. The van der Waals surface area contributed by atoms with Crippen LogP contribution in [0.4, 0.5) is 0 Å².